The maximum atomic E-state index is 6.38. The first-order valence-corrected chi connectivity index (χ1v) is 11.4. The van der Waals surface area contributed by atoms with E-state index in [-0.39, 0.29) is 11.0 Å². The van der Waals surface area contributed by atoms with Gasteiger partial charge in [-0.15, -0.1) is 0 Å². The van der Waals surface area contributed by atoms with E-state index in [0.29, 0.717) is 45.9 Å². The van der Waals surface area contributed by atoms with Crippen molar-refractivity contribution in [2.24, 2.45) is 5.41 Å². The van der Waals surface area contributed by atoms with Gasteiger partial charge in [0.1, 0.15) is 0 Å². The van der Waals surface area contributed by atoms with Gasteiger partial charge < -0.3 is 33.2 Å². The second-order valence-electron chi connectivity index (χ2n) is 9.90. The third-order valence-electron chi connectivity index (χ3n) is 6.05. The maximum absolute atomic E-state index is 6.38. The summed E-state index contributed by atoms with van der Waals surface area (Å²) >= 11 is 0. The molecule has 2 saturated heterocycles. The molecule has 0 unspecified atom stereocenters. The smallest absolute Gasteiger partial charge is 0.283 e. The lowest BCUT2D eigenvalue weighted by molar-refractivity contribution is -0.473. The average Bonchev–Trinajstić information content (AvgIpc) is 2.70. The SMILES string of the molecule is CCCC(C)(C)OCCC(C)(C)OC1(CC)OCC2(COC(CC)(OC)OC2)CO1. The first kappa shape index (κ1) is 26.0. The number of rotatable bonds is 11. The van der Waals surface area contributed by atoms with Gasteiger partial charge in [0.15, 0.2) is 0 Å². The summed E-state index contributed by atoms with van der Waals surface area (Å²) in [4.78, 5) is 0. The molecule has 2 aliphatic heterocycles. The molecule has 30 heavy (non-hydrogen) atoms. The van der Waals surface area contributed by atoms with Crippen molar-refractivity contribution in [2.45, 2.75) is 104 Å². The van der Waals surface area contributed by atoms with Gasteiger partial charge >= 0.3 is 0 Å². The Bertz CT molecular complexity index is 508. The molecule has 7 heteroatoms. The van der Waals surface area contributed by atoms with E-state index in [9.17, 15) is 0 Å². The van der Waals surface area contributed by atoms with Crippen LogP contribution in [0, 0.1) is 5.41 Å². The molecule has 2 rings (SSSR count). The van der Waals surface area contributed by atoms with Crippen LogP contribution in [0.25, 0.3) is 0 Å². The highest BCUT2D eigenvalue weighted by atomic mass is 16.9. The van der Waals surface area contributed by atoms with Crippen molar-refractivity contribution >= 4 is 0 Å². The third kappa shape index (κ3) is 6.61. The third-order valence-corrected chi connectivity index (χ3v) is 6.05. The van der Waals surface area contributed by atoms with E-state index in [2.05, 4.69) is 34.6 Å². The lowest BCUT2D eigenvalue weighted by atomic mass is 9.90. The van der Waals surface area contributed by atoms with Crippen molar-refractivity contribution in [3.05, 3.63) is 0 Å². The summed E-state index contributed by atoms with van der Waals surface area (Å²) in [5, 5.41) is 0. The summed E-state index contributed by atoms with van der Waals surface area (Å²) in [5.41, 5.74) is -0.916. The van der Waals surface area contributed by atoms with E-state index in [4.69, 9.17) is 33.2 Å². The van der Waals surface area contributed by atoms with Gasteiger partial charge in [-0.3, -0.25) is 0 Å². The fourth-order valence-electron chi connectivity index (χ4n) is 3.91. The summed E-state index contributed by atoms with van der Waals surface area (Å²) < 4.78 is 42.0. The van der Waals surface area contributed by atoms with E-state index in [1.165, 1.54) is 0 Å². The molecule has 2 heterocycles. The number of methoxy groups -OCH3 is 1. The molecule has 2 fully saturated rings. The Hall–Kier alpha value is -0.280. The van der Waals surface area contributed by atoms with Crippen LogP contribution in [0.2, 0.25) is 0 Å². The van der Waals surface area contributed by atoms with Gasteiger partial charge in [0, 0.05) is 20.0 Å². The van der Waals surface area contributed by atoms with Gasteiger partial charge in [-0.2, -0.15) is 0 Å². The molecule has 0 aromatic heterocycles. The minimum atomic E-state index is -1.06. The summed E-state index contributed by atoms with van der Waals surface area (Å²) in [6.07, 6.45) is 4.10. The van der Waals surface area contributed by atoms with Crippen molar-refractivity contribution < 1.29 is 33.2 Å². The van der Waals surface area contributed by atoms with Crippen molar-refractivity contribution in [3.63, 3.8) is 0 Å². The van der Waals surface area contributed by atoms with Crippen LogP contribution in [-0.2, 0) is 33.2 Å². The predicted octanol–water partition coefficient (Wildman–Crippen LogP) is 4.62. The van der Waals surface area contributed by atoms with E-state index < -0.39 is 17.5 Å². The lowest BCUT2D eigenvalue weighted by Crippen LogP contribution is -2.60. The fourth-order valence-corrected chi connectivity index (χ4v) is 3.91. The standard InChI is InChI=1S/C23H44O7/c1-9-12-19(4,5)25-14-13-20(6,7)30-23(11-3)28-17-21(18-29-23)15-26-22(10-2,24-8)27-16-21/h9-18H2,1-8H3. The summed E-state index contributed by atoms with van der Waals surface area (Å²) in [5.74, 6) is -2.02. The summed E-state index contributed by atoms with van der Waals surface area (Å²) in [6.45, 7) is 17.0. The van der Waals surface area contributed by atoms with Gasteiger partial charge in [0.05, 0.1) is 49.7 Å². The van der Waals surface area contributed by atoms with Crippen LogP contribution in [0.1, 0.15) is 80.6 Å². The van der Waals surface area contributed by atoms with E-state index >= 15 is 0 Å². The zero-order chi connectivity index (χ0) is 22.5. The number of hydrogen-bond acceptors (Lipinski definition) is 7. The Balaban J connectivity index is 1.88. The summed E-state index contributed by atoms with van der Waals surface area (Å²) in [7, 11) is 1.60. The van der Waals surface area contributed by atoms with Gasteiger partial charge in [0.25, 0.3) is 11.9 Å². The summed E-state index contributed by atoms with van der Waals surface area (Å²) in [6, 6.07) is 0. The topological polar surface area (TPSA) is 64.6 Å². The van der Waals surface area contributed by atoms with Crippen LogP contribution in [0.15, 0.2) is 0 Å². The maximum Gasteiger partial charge on any atom is 0.283 e. The normalized spacial score (nSPS) is 33.2. The van der Waals surface area contributed by atoms with Crippen molar-refractivity contribution in [1.82, 2.24) is 0 Å². The first-order chi connectivity index (χ1) is 14.0. The molecule has 0 saturated carbocycles. The van der Waals surface area contributed by atoms with Gasteiger partial charge in [-0.05, 0) is 40.5 Å². The largest absolute Gasteiger partial charge is 0.375 e. The van der Waals surface area contributed by atoms with Crippen LogP contribution in [0.3, 0.4) is 0 Å². The Morgan fingerprint density at radius 3 is 1.67 bits per heavy atom. The molecular formula is C23H44O7. The van der Waals surface area contributed by atoms with Crippen LogP contribution >= 0.6 is 0 Å². The van der Waals surface area contributed by atoms with Crippen LogP contribution in [0.4, 0.5) is 0 Å². The van der Waals surface area contributed by atoms with Crippen molar-refractivity contribution in [2.75, 3.05) is 40.1 Å². The molecule has 7 nitrogen and oxygen atoms in total. The zero-order valence-electron chi connectivity index (χ0n) is 20.4. The first-order valence-electron chi connectivity index (χ1n) is 11.4. The molecule has 0 radical (unpaired) electrons. The second-order valence-corrected chi connectivity index (χ2v) is 9.90. The van der Waals surface area contributed by atoms with Crippen LogP contribution < -0.4 is 0 Å². The van der Waals surface area contributed by atoms with E-state index in [0.717, 1.165) is 19.3 Å². The molecule has 0 N–H and O–H groups in total. The molecule has 0 aliphatic carbocycles. The van der Waals surface area contributed by atoms with Crippen molar-refractivity contribution in [1.29, 1.82) is 0 Å². The molecule has 0 atom stereocenters. The average molecular weight is 433 g/mol. The molecule has 0 amide bonds. The van der Waals surface area contributed by atoms with Gasteiger partial charge in [-0.1, -0.05) is 27.2 Å². The Morgan fingerprint density at radius 2 is 1.23 bits per heavy atom. The quantitative estimate of drug-likeness (QED) is 0.472. The Kier molecular flexibility index (Phi) is 8.75. The molecule has 0 aromatic rings. The molecule has 1 spiro atoms. The van der Waals surface area contributed by atoms with Crippen LogP contribution in [0.5, 0.6) is 0 Å². The number of hydrogen-bond donors (Lipinski definition) is 0. The number of ether oxygens (including phenoxy) is 7. The molecule has 0 bridgehead atoms. The zero-order valence-corrected chi connectivity index (χ0v) is 20.4. The highest BCUT2D eigenvalue weighted by Gasteiger charge is 2.52. The van der Waals surface area contributed by atoms with Crippen LogP contribution in [-0.4, -0.2) is 63.3 Å². The predicted molar refractivity (Wildman–Crippen MR) is 114 cm³/mol. The lowest BCUT2D eigenvalue weighted by Gasteiger charge is -2.51. The molecule has 2 aliphatic rings. The van der Waals surface area contributed by atoms with E-state index in [1.54, 1.807) is 7.11 Å². The molecule has 178 valence electrons. The Labute approximate surface area is 183 Å². The van der Waals surface area contributed by atoms with Crippen molar-refractivity contribution in [3.8, 4) is 0 Å². The fraction of sp³-hybridized carbons (Fsp3) is 1.00. The minimum Gasteiger partial charge on any atom is -0.375 e. The highest BCUT2D eigenvalue weighted by molar-refractivity contribution is 4.87. The monoisotopic (exact) mass is 432 g/mol. The molecule has 0 aromatic carbocycles. The highest BCUT2D eigenvalue weighted by Crippen LogP contribution is 2.40. The van der Waals surface area contributed by atoms with E-state index in [1.807, 2.05) is 13.8 Å². The minimum absolute atomic E-state index is 0.117. The Morgan fingerprint density at radius 1 is 0.733 bits per heavy atom. The van der Waals surface area contributed by atoms with Gasteiger partial charge in [-0.25, -0.2) is 0 Å². The van der Waals surface area contributed by atoms with Gasteiger partial charge in [0.2, 0.25) is 0 Å². The molecular weight excluding hydrogens is 388 g/mol. The second kappa shape index (κ2) is 10.1.